The van der Waals surface area contributed by atoms with E-state index in [9.17, 15) is 9.90 Å². The fourth-order valence-electron chi connectivity index (χ4n) is 3.89. The smallest absolute Gasteiger partial charge is 0.259 e. The van der Waals surface area contributed by atoms with Crippen LogP contribution in [0.15, 0.2) is 35.1 Å². The van der Waals surface area contributed by atoms with Crippen molar-refractivity contribution in [2.24, 2.45) is 0 Å². The van der Waals surface area contributed by atoms with Gasteiger partial charge in [0.15, 0.2) is 0 Å². The van der Waals surface area contributed by atoms with E-state index < -0.39 is 0 Å². The van der Waals surface area contributed by atoms with E-state index in [0.717, 1.165) is 37.2 Å². The maximum absolute atomic E-state index is 13.4. The number of methoxy groups -OCH3 is 1. The Hall–Kier alpha value is -1.82. The van der Waals surface area contributed by atoms with E-state index >= 15 is 0 Å². The van der Waals surface area contributed by atoms with Gasteiger partial charge in [-0.1, -0.05) is 36.2 Å². The molecule has 2 aromatic rings. The zero-order valence-corrected chi connectivity index (χ0v) is 16.7. The Kier molecular flexibility index (Phi) is 6.58. The minimum absolute atomic E-state index is 0.0293. The molecule has 3 rings (SSSR count). The van der Waals surface area contributed by atoms with Crippen molar-refractivity contribution in [3.8, 4) is 5.75 Å². The molecule has 0 bridgehead atoms. The molecule has 146 valence electrons. The van der Waals surface area contributed by atoms with E-state index in [2.05, 4.69) is 4.90 Å². The van der Waals surface area contributed by atoms with Gasteiger partial charge in [0, 0.05) is 24.4 Å². The molecule has 1 aliphatic rings. The van der Waals surface area contributed by atoms with Crippen LogP contribution in [-0.4, -0.2) is 41.4 Å². The molecule has 0 amide bonds. The summed E-state index contributed by atoms with van der Waals surface area (Å²) in [5.41, 5.74) is 1.79. The largest absolute Gasteiger partial charge is 0.507 e. The van der Waals surface area contributed by atoms with E-state index in [4.69, 9.17) is 16.3 Å². The standard InChI is InChI=1S/C21H27ClN2O3/c1-15-14-18(25)19(21(26)24(15)12-13-27-2)20(23-10-6-3-7-11-23)16-8-4-5-9-17(16)22/h4-5,8-9,14,20,25H,3,6-7,10-13H2,1-2H3. The van der Waals surface area contributed by atoms with E-state index in [-0.39, 0.29) is 17.4 Å². The SMILES string of the molecule is COCCn1c(C)cc(O)c(C(c2ccccc2Cl)N2CCCCC2)c1=O. The second-order valence-corrected chi connectivity index (χ2v) is 7.46. The Bertz CT molecular complexity index is 844. The third-order valence-corrected chi connectivity index (χ3v) is 5.62. The van der Waals surface area contributed by atoms with Crippen LogP contribution in [0, 0.1) is 6.92 Å². The highest BCUT2D eigenvalue weighted by atomic mass is 35.5. The Morgan fingerprint density at radius 2 is 1.93 bits per heavy atom. The highest BCUT2D eigenvalue weighted by Gasteiger charge is 2.31. The lowest BCUT2D eigenvalue weighted by molar-refractivity contribution is 0.178. The van der Waals surface area contributed by atoms with Gasteiger partial charge < -0.3 is 14.4 Å². The molecule has 2 heterocycles. The monoisotopic (exact) mass is 390 g/mol. The first-order chi connectivity index (χ1) is 13.0. The number of hydrogen-bond acceptors (Lipinski definition) is 4. The van der Waals surface area contributed by atoms with Crippen molar-refractivity contribution in [3.63, 3.8) is 0 Å². The summed E-state index contributed by atoms with van der Waals surface area (Å²) >= 11 is 6.51. The number of halogens is 1. The maximum atomic E-state index is 13.4. The average Bonchev–Trinajstić information content (AvgIpc) is 2.66. The Labute approximate surface area is 165 Å². The third kappa shape index (κ3) is 4.21. The first-order valence-corrected chi connectivity index (χ1v) is 9.83. The van der Waals surface area contributed by atoms with Crippen LogP contribution in [0.1, 0.15) is 42.1 Å². The van der Waals surface area contributed by atoms with Crippen molar-refractivity contribution in [2.45, 2.75) is 38.8 Å². The van der Waals surface area contributed by atoms with Gasteiger partial charge in [-0.15, -0.1) is 0 Å². The van der Waals surface area contributed by atoms with E-state index in [1.54, 1.807) is 17.7 Å². The van der Waals surface area contributed by atoms with Crippen LogP contribution in [0.25, 0.3) is 0 Å². The average molecular weight is 391 g/mol. The second-order valence-electron chi connectivity index (χ2n) is 7.05. The van der Waals surface area contributed by atoms with Gasteiger partial charge in [-0.05, 0) is 50.6 Å². The minimum Gasteiger partial charge on any atom is -0.507 e. The molecule has 0 aliphatic carbocycles. The van der Waals surface area contributed by atoms with Crippen LogP contribution < -0.4 is 5.56 Å². The molecular formula is C21H27ClN2O3. The summed E-state index contributed by atoms with van der Waals surface area (Å²) in [6, 6.07) is 8.89. The highest BCUT2D eigenvalue weighted by Crippen LogP contribution is 2.37. The zero-order chi connectivity index (χ0) is 19.4. The predicted molar refractivity (Wildman–Crippen MR) is 108 cm³/mol. The number of piperidine rings is 1. The molecule has 1 saturated heterocycles. The van der Waals surface area contributed by atoms with Crippen LogP contribution in [0.2, 0.25) is 5.02 Å². The molecule has 5 nitrogen and oxygen atoms in total. The quantitative estimate of drug-likeness (QED) is 0.816. The van der Waals surface area contributed by atoms with Crippen molar-refractivity contribution in [1.82, 2.24) is 9.47 Å². The summed E-state index contributed by atoms with van der Waals surface area (Å²) in [6.07, 6.45) is 3.33. The van der Waals surface area contributed by atoms with Crippen LogP contribution in [-0.2, 0) is 11.3 Å². The van der Waals surface area contributed by atoms with Gasteiger partial charge in [0.1, 0.15) is 5.75 Å². The zero-order valence-electron chi connectivity index (χ0n) is 15.9. The number of hydrogen-bond donors (Lipinski definition) is 1. The topological polar surface area (TPSA) is 54.7 Å². The van der Waals surface area contributed by atoms with Gasteiger partial charge in [0.2, 0.25) is 0 Å². The molecular weight excluding hydrogens is 364 g/mol. The molecule has 1 unspecified atom stereocenters. The fourth-order valence-corrected chi connectivity index (χ4v) is 4.13. The van der Waals surface area contributed by atoms with E-state index in [0.29, 0.717) is 23.7 Å². The normalized spacial score (nSPS) is 16.4. The number of ether oxygens (including phenoxy) is 1. The molecule has 1 aromatic heterocycles. The number of benzene rings is 1. The first kappa shape index (κ1) is 19.9. The molecule has 0 radical (unpaired) electrons. The molecule has 0 spiro atoms. The van der Waals surface area contributed by atoms with Crippen molar-refractivity contribution in [3.05, 3.63) is 62.5 Å². The lowest BCUT2D eigenvalue weighted by atomic mass is 9.94. The molecule has 27 heavy (non-hydrogen) atoms. The summed E-state index contributed by atoms with van der Waals surface area (Å²) in [7, 11) is 1.61. The van der Waals surface area contributed by atoms with Gasteiger partial charge in [0.05, 0.1) is 18.2 Å². The van der Waals surface area contributed by atoms with E-state index in [1.165, 1.54) is 6.42 Å². The third-order valence-electron chi connectivity index (χ3n) is 5.27. The molecule has 1 aromatic carbocycles. The van der Waals surface area contributed by atoms with Crippen molar-refractivity contribution in [1.29, 1.82) is 0 Å². The maximum Gasteiger partial charge on any atom is 0.259 e. The summed E-state index contributed by atoms with van der Waals surface area (Å²) in [6.45, 7) is 4.46. The Morgan fingerprint density at radius 3 is 2.59 bits per heavy atom. The first-order valence-electron chi connectivity index (χ1n) is 9.45. The molecule has 1 atom stereocenters. The van der Waals surface area contributed by atoms with Gasteiger partial charge in [0.25, 0.3) is 5.56 Å². The number of aromatic nitrogens is 1. The predicted octanol–water partition coefficient (Wildman–Crippen LogP) is 3.74. The van der Waals surface area contributed by atoms with Crippen LogP contribution >= 0.6 is 11.6 Å². The fraction of sp³-hybridized carbons (Fsp3) is 0.476. The number of nitrogens with zero attached hydrogens (tertiary/aromatic N) is 2. The number of pyridine rings is 1. The number of aromatic hydroxyl groups is 1. The molecule has 1 fully saturated rings. The Morgan fingerprint density at radius 1 is 1.22 bits per heavy atom. The van der Waals surface area contributed by atoms with Crippen molar-refractivity contribution < 1.29 is 9.84 Å². The number of likely N-dealkylation sites (tertiary alicyclic amines) is 1. The van der Waals surface area contributed by atoms with Crippen LogP contribution in [0.4, 0.5) is 0 Å². The number of aryl methyl sites for hydroxylation is 1. The van der Waals surface area contributed by atoms with Gasteiger partial charge >= 0.3 is 0 Å². The molecule has 1 aliphatic heterocycles. The molecule has 1 N–H and O–H groups in total. The van der Waals surface area contributed by atoms with Crippen molar-refractivity contribution in [2.75, 3.05) is 26.8 Å². The summed E-state index contributed by atoms with van der Waals surface area (Å²) < 4.78 is 6.83. The van der Waals surface area contributed by atoms with Gasteiger partial charge in [-0.3, -0.25) is 9.69 Å². The summed E-state index contributed by atoms with van der Waals surface area (Å²) in [5.74, 6) is 0.0293. The second kappa shape index (κ2) is 8.91. The highest BCUT2D eigenvalue weighted by molar-refractivity contribution is 6.31. The van der Waals surface area contributed by atoms with Crippen molar-refractivity contribution >= 4 is 11.6 Å². The van der Waals surface area contributed by atoms with Crippen LogP contribution in [0.5, 0.6) is 5.75 Å². The lowest BCUT2D eigenvalue weighted by Gasteiger charge is -2.35. The van der Waals surface area contributed by atoms with Crippen LogP contribution in [0.3, 0.4) is 0 Å². The summed E-state index contributed by atoms with van der Waals surface area (Å²) in [4.78, 5) is 15.6. The number of rotatable bonds is 6. The van der Waals surface area contributed by atoms with Gasteiger partial charge in [-0.25, -0.2) is 0 Å². The van der Waals surface area contributed by atoms with E-state index in [1.807, 2.05) is 31.2 Å². The minimum atomic E-state index is -0.360. The lowest BCUT2D eigenvalue weighted by Crippen LogP contribution is -2.39. The molecule has 6 heteroatoms. The molecule has 0 saturated carbocycles. The summed E-state index contributed by atoms with van der Waals surface area (Å²) in [5, 5.41) is 11.4. The van der Waals surface area contributed by atoms with Gasteiger partial charge in [-0.2, -0.15) is 0 Å². The Balaban J connectivity index is 2.17.